The van der Waals surface area contributed by atoms with Crippen molar-refractivity contribution in [2.45, 2.75) is 77.7 Å². The van der Waals surface area contributed by atoms with E-state index in [0.717, 1.165) is 37.0 Å². The lowest BCUT2D eigenvalue weighted by molar-refractivity contribution is -0.388. The van der Waals surface area contributed by atoms with E-state index in [1.165, 1.54) is 0 Å². The van der Waals surface area contributed by atoms with Crippen LogP contribution in [0.5, 0.6) is 0 Å². The number of amides is 1. The summed E-state index contributed by atoms with van der Waals surface area (Å²) < 4.78 is 38.0. The van der Waals surface area contributed by atoms with E-state index >= 15 is 0 Å². The number of nitrogens with zero attached hydrogens (tertiary/aromatic N) is 1. The first-order chi connectivity index (χ1) is 20.8. The lowest BCUT2D eigenvalue weighted by atomic mass is 9.46. The van der Waals surface area contributed by atoms with Crippen molar-refractivity contribution in [3.8, 4) is 0 Å². The zero-order valence-electron chi connectivity index (χ0n) is 25.6. The molecular weight excluding hydrogens is 597 g/mol. The van der Waals surface area contributed by atoms with Crippen molar-refractivity contribution >= 4 is 28.8 Å². The summed E-state index contributed by atoms with van der Waals surface area (Å²) >= 11 is 0. The second kappa shape index (κ2) is 12.1. The molecule has 45 heavy (non-hydrogen) atoms. The Balaban J connectivity index is 0.000000217. The number of aliphatic hydroxyl groups is 3. The number of carbonyl (C=O) groups excluding carboxylic acids is 3. The van der Waals surface area contributed by atoms with Crippen LogP contribution in [0.3, 0.4) is 0 Å². The first kappa shape index (κ1) is 34.5. The Labute approximate surface area is 258 Å². The van der Waals surface area contributed by atoms with E-state index in [4.69, 9.17) is 0 Å². The Morgan fingerprint density at radius 1 is 1.20 bits per heavy atom. The molecule has 0 aliphatic heterocycles. The van der Waals surface area contributed by atoms with Crippen molar-refractivity contribution in [3.05, 3.63) is 57.7 Å². The Bertz CT molecular complexity index is 1460. The smallest absolute Gasteiger partial charge is 0.393 e. The molecule has 3 fully saturated rings. The number of allylic oxidation sites excluding steroid dienone is 4. The number of hydrogen-bond acceptors (Lipinski definition) is 8. The van der Waals surface area contributed by atoms with Gasteiger partial charge in [0.15, 0.2) is 11.6 Å². The second-order valence-corrected chi connectivity index (χ2v) is 13.3. The van der Waals surface area contributed by atoms with Crippen molar-refractivity contribution < 1.29 is 47.8 Å². The molecule has 0 heterocycles. The highest BCUT2D eigenvalue weighted by atomic mass is 19.4. The summed E-state index contributed by atoms with van der Waals surface area (Å²) in [5, 5.41) is 44.5. The number of Topliss-reactive ketones (excluding diaryl/α,β-unsaturated/α-hetero) is 1. The molecular formula is C32H39F3N2O8. The number of nitrogens with one attached hydrogen (secondary N) is 1. The van der Waals surface area contributed by atoms with Crippen LogP contribution in [-0.4, -0.2) is 56.0 Å². The largest absolute Gasteiger partial charge is 0.423 e. The molecule has 7 atom stereocenters. The number of anilines is 1. The molecule has 1 aromatic rings. The van der Waals surface area contributed by atoms with E-state index < -0.39 is 63.7 Å². The molecule has 1 amide bonds. The number of nitro benzene ring substituents is 1. The van der Waals surface area contributed by atoms with Crippen molar-refractivity contribution in [1.82, 2.24) is 0 Å². The summed E-state index contributed by atoms with van der Waals surface area (Å²) in [6.07, 6.45) is 2.82. The van der Waals surface area contributed by atoms with Gasteiger partial charge in [-0.25, -0.2) is 0 Å². The van der Waals surface area contributed by atoms with Crippen LogP contribution in [0.1, 0.15) is 65.4 Å². The van der Waals surface area contributed by atoms with Gasteiger partial charge in [0, 0.05) is 34.4 Å². The van der Waals surface area contributed by atoms with Gasteiger partial charge in [-0.15, -0.1) is 0 Å². The molecule has 3 saturated carbocycles. The number of rotatable bonds is 5. The normalized spacial score (nSPS) is 33.7. The molecule has 0 aromatic heterocycles. The standard InChI is InChI=1S/C21H28O5.C11H11F3N2O3/c1-19-7-5-13(23)9-12(19)3-4-14-15-6-8-21(26,17(25)11-22)20(15,2)10-16(24)18(14)19;1-6(2)10(17)15-7-3-4-9(16(18)19)8(5-7)11(12,13)14/h5,7,9,14-16,18,22,24,26H,3-4,6,8,10-11H2,1-2H3;3-6H,1-2H3,(H,15,17)/t14-,15-,16-,18+,19-,20-,21-;/m0./s1. The van der Waals surface area contributed by atoms with Gasteiger partial charge < -0.3 is 20.6 Å². The van der Waals surface area contributed by atoms with Crippen molar-refractivity contribution in [1.29, 1.82) is 0 Å². The SMILES string of the molecule is CC(C)C(=O)Nc1ccc([N+](=O)[O-])c(C(F)(F)F)c1.C[C@]12C=CC(=O)C=C1CC[C@@H]1[C@@H]2[C@@H](O)C[C@@]2(C)[C@H]1CC[C@]2(O)C(=O)CO. The van der Waals surface area contributed by atoms with Gasteiger partial charge in [0.2, 0.25) is 5.91 Å². The van der Waals surface area contributed by atoms with Gasteiger partial charge in [-0.05, 0) is 68.2 Å². The summed E-state index contributed by atoms with van der Waals surface area (Å²) in [5.74, 6) is -1.11. The number of carbonyl (C=O) groups is 3. The molecule has 0 saturated heterocycles. The van der Waals surface area contributed by atoms with Crippen molar-refractivity contribution in [2.75, 3.05) is 11.9 Å². The number of nitro groups is 1. The molecule has 0 unspecified atom stereocenters. The molecule has 10 nitrogen and oxygen atoms in total. The minimum atomic E-state index is -4.86. The number of aliphatic hydroxyl groups excluding tert-OH is 2. The van der Waals surface area contributed by atoms with E-state index in [1.807, 2.05) is 13.0 Å². The zero-order chi connectivity index (χ0) is 33.7. The highest BCUT2D eigenvalue weighted by Crippen LogP contribution is 2.67. The van der Waals surface area contributed by atoms with Crippen LogP contribution in [0.15, 0.2) is 42.0 Å². The van der Waals surface area contributed by atoms with Crippen LogP contribution >= 0.6 is 0 Å². The van der Waals surface area contributed by atoms with Crippen LogP contribution < -0.4 is 5.32 Å². The fourth-order valence-corrected chi connectivity index (χ4v) is 8.21. The first-order valence-corrected chi connectivity index (χ1v) is 15.0. The van der Waals surface area contributed by atoms with E-state index in [9.17, 15) is 53.0 Å². The molecule has 4 N–H and O–H groups in total. The quantitative estimate of drug-likeness (QED) is 0.265. The third-order valence-electron chi connectivity index (χ3n) is 10.5. The van der Waals surface area contributed by atoms with E-state index in [2.05, 4.69) is 12.2 Å². The lowest BCUT2D eigenvalue weighted by Gasteiger charge is -2.59. The number of alkyl halides is 3. The van der Waals surface area contributed by atoms with Gasteiger partial charge in [0.05, 0.1) is 11.0 Å². The van der Waals surface area contributed by atoms with Crippen LogP contribution in [0.25, 0.3) is 0 Å². The summed E-state index contributed by atoms with van der Waals surface area (Å²) in [7, 11) is 0. The Morgan fingerprint density at radius 3 is 2.44 bits per heavy atom. The predicted octanol–water partition coefficient (Wildman–Crippen LogP) is 4.77. The van der Waals surface area contributed by atoms with E-state index in [0.29, 0.717) is 18.9 Å². The number of ketones is 2. The third-order valence-corrected chi connectivity index (χ3v) is 10.5. The summed E-state index contributed by atoms with van der Waals surface area (Å²) in [6, 6.07) is 2.34. The maximum Gasteiger partial charge on any atom is 0.423 e. The first-order valence-electron chi connectivity index (χ1n) is 15.0. The molecule has 4 aliphatic rings. The molecule has 0 spiro atoms. The van der Waals surface area contributed by atoms with Crippen molar-refractivity contribution in [2.24, 2.45) is 34.5 Å². The van der Waals surface area contributed by atoms with Gasteiger partial charge in [0.1, 0.15) is 17.8 Å². The monoisotopic (exact) mass is 636 g/mol. The van der Waals surface area contributed by atoms with Gasteiger partial charge in [-0.1, -0.05) is 39.3 Å². The lowest BCUT2D eigenvalue weighted by Crippen LogP contribution is -2.61. The molecule has 1 aromatic carbocycles. The summed E-state index contributed by atoms with van der Waals surface area (Å²) in [5.41, 5.74) is -4.11. The Morgan fingerprint density at radius 2 is 1.87 bits per heavy atom. The Kier molecular flexibility index (Phi) is 9.24. The molecule has 5 rings (SSSR count). The topological polar surface area (TPSA) is 167 Å². The number of fused-ring (bicyclic) bond motifs is 5. The average Bonchev–Trinajstić information content (AvgIpc) is 3.23. The zero-order valence-corrected chi connectivity index (χ0v) is 25.6. The summed E-state index contributed by atoms with van der Waals surface area (Å²) in [6.45, 7) is 6.49. The van der Waals surface area contributed by atoms with Gasteiger partial charge in [0.25, 0.3) is 5.69 Å². The fraction of sp³-hybridized carbons (Fsp3) is 0.594. The second-order valence-electron chi connectivity index (χ2n) is 13.3. The van der Waals surface area contributed by atoms with Crippen LogP contribution in [0, 0.1) is 44.6 Å². The molecule has 4 aliphatic carbocycles. The summed E-state index contributed by atoms with van der Waals surface area (Å²) in [4.78, 5) is 44.9. The Hall–Kier alpha value is -3.42. The molecule has 13 heteroatoms. The van der Waals surface area contributed by atoms with E-state index in [-0.39, 0.29) is 34.6 Å². The van der Waals surface area contributed by atoms with Gasteiger partial charge in [-0.2, -0.15) is 13.2 Å². The van der Waals surface area contributed by atoms with Gasteiger partial charge in [-0.3, -0.25) is 24.5 Å². The van der Waals surface area contributed by atoms with Crippen molar-refractivity contribution in [3.63, 3.8) is 0 Å². The minimum Gasteiger partial charge on any atom is -0.393 e. The maximum atomic E-state index is 12.7. The van der Waals surface area contributed by atoms with Crippen LogP contribution in [0.2, 0.25) is 0 Å². The highest BCUT2D eigenvalue weighted by Gasteiger charge is 2.68. The number of hydrogen-bond donors (Lipinski definition) is 4. The molecule has 246 valence electrons. The maximum absolute atomic E-state index is 12.7. The molecule has 0 bridgehead atoms. The third kappa shape index (κ3) is 5.97. The van der Waals surface area contributed by atoms with Crippen LogP contribution in [0.4, 0.5) is 24.5 Å². The molecule has 0 radical (unpaired) electrons. The fourth-order valence-electron chi connectivity index (χ4n) is 8.21. The predicted molar refractivity (Wildman–Crippen MR) is 157 cm³/mol. The number of halogens is 3. The number of benzene rings is 1. The highest BCUT2D eigenvalue weighted by molar-refractivity contribution is 6.01. The van der Waals surface area contributed by atoms with Gasteiger partial charge >= 0.3 is 6.18 Å². The average molecular weight is 637 g/mol. The van der Waals surface area contributed by atoms with E-state index in [1.54, 1.807) is 26.0 Å². The minimum absolute atomic E-state index is 0.00912. The van der Waals surface area contributed by atoms with Crippen LogP contribution in [-0.2, 0) is 20.6 Å².